The van der Waals surface area contributed by atoms with Crippen molar-refractivity contribution in [3.63, 3.8) is 0 Å². The third kappa shape index (κ3) is 4.18. The summed E-state index contributed by atoms with van der Waals surface area (Å²) in [6.45, 7) is 5.46. The van der Waals surface area contributed by atoms with Gasteiger partial charge in [0.15, 0.2) is 0 Å². The number of carbonyl (C=O) groups excluding carboxylic acids is 1. The first kappa shape index (κ1) is 15.8. The van der Waals surface area contributed by atoms with Gasteiger partial charge < -0.3 is 14.0 Å². The molecule has 0 aliphatic rings. The van der Waals surface area contributed by atoms with Crippen LogP contribution in [0, 0.1) is 0 Å². The average molecular weight is 301 g/mol. The molecule has 6 heteroatoms. The van der Waals surface area contributed by atoms with E-state index in [9.17, 15) is 4.79 Å². The van der Waals surface area contributed by atoms with Gasteiger partial charge in [0.2, 0.25) is 5.88 Å². The molecule has 2 aromatic rings. The van der Waals surface area contributed by atoms with Crippen LogP contribution in [0.1, 0.15) is 26.5 Å². The number of hydrogen-bond donors (Lipinski definition) is 0. The van der Waals surface area contributed by atoms with Gasteiger partial charge in [-0.05, 0) is 39.0 Å². The standard InChI is InChI=1S/C16H19N3O3/c1-16(2,3)22-14(20)8-6-12-5-7-13(15(18-12)21-4)19-10-9-17-11-19/h5-11H,1-4H3. The molecule has 0 aliphatic heterocycles. The summed E-state index contributed by atoms with van der Waals surface area (Å²) < 4.78 is 12.3. The molecule has 0 saturated carbocycles. The molecular formula is C16H19N3O3. The Balaban J connectivity index is 2.18. The molecule has 0 aliphatic carbocycles. The van der Waals surface area contributed by atoms with Gasteiger partial charge in [0, 0.05) is 18.5 Å². The van der Waals surface area contributed by atoms with Crippen LogP contribution >= 0.6 is 0 Å². The summed E-state index contributed by atoms with van der Waals surface area (Å²) in [7, 11) is 1.55. The molecule has 0 N–H and O–H groups in total. The summed E-state index contributed by atoms with van der Waals surface area (Å²) in [5.74, 6) is 0.0382. The van der Waals surface area contributed by atoms with E-state index in [1.807, 2.05) is 26.8 Å². The van der Waals surface area contributed by atoms with Crippen molar-refractivity contribution in [3.8, 4) is 11.6 Å². The number of pyridine rings is 1. The van der Waals surface area contributed by atoms with Gasteiger partial charge in [-0.25, -0.2) is 14.8 Å². The van der Waals surface area contributed by atoms with Crippen molar-refractivity contribution in [2.24, 2.45) is 0 Å². The number of esters is 1. The van der Waals surface area contributed by atoms with E-state index in [-0.39, 0.29) is 0 Å². The van der Waals surface area contributed by atoms with Crippen LogP contribution in [-0.4, -0.2) is 33.2 Å². The molecule has 2 heterocycles. The van der Waals surface area contributed by atoms with E-state index in [1.165, 1.54) is 6.08 Å². The van der Waals surface area contributed by atoms with E-state index in [0.29, 0.717) is 11.6 Å². The van der Waals surface area contributed by atoms with E-state index >= 15 is 0 Å². The molecule has 0 spiro atoms. The van der Waals surface area contributed by atoms with Crippen LogP contribution in [-0.2, 0) is 9.53 Å². The number of rotatable bonds is 4. The van der Waals surface area contributed by atoms with Gasteiger partial charge in [0.1, 0.15) is 11.3 Å². The zero-order chi connectivity index (χ0) is 16.2. The van der Waals surface area contributed by atoms with Crippen LogP contribution in [0.4, 0.5) is 0 Å². The van der Waals surface area contributed by atoms with Crippen molar-refractivity contribution in [2.75, 3.05) is 7.11 Å². The highest BCUT2D eigenvalue weighted by atomic mass is 16.6. The fraction of sp³-hybridized carbons (Fsp3) is 0.312. The van der Waals surface area contributed by atoms with Crippen molar-refractivity contribution in [1.29, 1.82) is 0 Å². The molecular weight excluding hydrogens is 282 g/mol. The zero-order valence-electron chi connectivity index (χ0n) is 13.1. The van der Waals surface area contributed by atoms with Gasteiger partial charge in [-0.15, -0.1) is 0 Å². The molecule has 0 saturated heterocycles. The Morgan fingerprint density at radius 3 is 2.68 bits per heavy atom. The van der Waals surface area contributed by atoms with Gasteiger partial charge in [-0.1, -0.05) is 0 Å². The number of methoxy groups -OCH3 is 1. The minimum Gasteiger partial charge on any atom is -0.479 e. The van der Waals surface area contributed by atoms with E-state index in [0.717, 1.165) is 5.69 Å². The molecule has 22 heavy (non-hydrogen) atoms. The van der Waals surface area contributed by atoms with Crippen molar-refractivity contribution in [2.45, 2.75) is 26.4 Å². The SMILES string of the molecule is COc1nc(C=CC(=O)OC(C)(C)C)ccc1-n1ccnc1. The second-order valence-corrected chi connectivity index (χ2v) is 5.60. The lowest BCUT2D eigenvalue weighted by Crippen LogP contribution is -2.22. The summed E-state index contributed by atoms with van der Waals surface area (Å²) in [5.41, 5.74) is 0.860. The lowest BCUT2D eigenvalue weighted by atomic mass is 10.2. The summed E-state index contributed by atoms with van der Waals surface area (Å²) in [5, 5.41) is 0. The second-order valence-electron chi connectivity index (χ2n) is 5.60. The number of ether oxygens (including phenoxy) is 2. The normalized spacial score (nSPS) is 11.6. The van der Waals surface area contributed by atoms with Gasteiger partial charge >= 0.3 is 5.97 Å². The average Bonchev–Trinajstić information content (AvgIpc) is 2.97. The molecule has 0 unspecified atom stereocenters. The number of carbonyl (C=O) groups is 1. The first-order valence-corrected chi connectivity index (χ1v) is 6.83. The minimum absolute atomic E-state index is 0.410. The van der Waals surface area contributed by atoms with E-state index in [4.69, 9.17) is 9.47 Å². The molecule has 2 aromatic heterocycles. The predicted octanol–water partition coefficient (Wildman–Crippen LogP) is 2.63. The Kier molecular flexibility index (Phi) is 4.60. The van der Waals surface area contributed by atoms with Crippen LogP contribution in [0.3, 0.4) is 0 Å². The third-order valence-corrected chi connectivity index (χ3v) is 2.63. The topological polar surface area (TPSA) is 66.2 Å². The number of nitrogens with zero attached hydrogens (tertiary/aromatic N) is 3. The van der Waals surface area contributed by atoms with Crippen LogP contribution in [0.15, 0.2) is 36.9 Å². The Bertz CT molecular complexity index is 670. The maximum absolute atomic E-state index is 11.7. The maximum Gasteiger partial charge on any atom is 0.331 e. The van der Waals surface area contributed by atoms with Crippen molar-refractivity contribution >= 4 is 12.0 Å². The van der Waals surface area contributed by atoms with E-state index < -0.39 is 11.6 Å². The first-order chi connectivity index (χ1) is 10.4. The number of aromatic nitrogens is 3. The summed E-state index contributed by atoms with van der Waals surface area (Å²) in [4.78, 5) is 20.0. The van der Waals surface area contributed by atoms with Crippen LogP contribution in [0.2, 0.25) is 0 Å². The highest BCUT2D eigenvalue weighted by Crippen LogP contribution is 2.21. The Morgan fingerprint density at radius 2 is 2.09 bits per heavy atom. The molecule has 0 aromatic carbocycles. The fourth-order valence-corrected chi connectivity index (χ4v) is 1.78. The quantitative estimate of drug-likeness (QED) is 0.641. The molecule has 116 valence electrons. The molecule has 0 radical (unpaired) electrons. The lowest BCUT2D eigenvalue weighted by Gasteiger charge is -2.17. The number of imidazole rings is 1. The van der Waals surface area contributed by atoms with Crippen LogP contribution in [0.25, 0.3) is 11.8 Å². The molecule has 6 nitrogen and oxygen atoms in total. The Morgan fingerprint density at radius 1 is 1.32 bits per heavy atom. The second kappa shape index (κ2) is 6.43. The lowest BCUT2D eigenvalue weighted by molar-refractivity contribution is -0.148. The molecule has 0 amide bonds. The largest absolute Gasteiger partial charge is 0.479 e. The first-order valence-electron chi connectivity index (χ1n) is 6.83. The Labute approximate surface area is 129 Å². The molecule has 0 bridgehead atoms. The van der Waals surface area contributed by atoms with Crippen molar-refractivity contribution < 1.29 is 14.3 Å². The van der Waals surface area contributed by atoms with Crippen molar-refractivity contribution in [3.05, 3.63) is 42.6 Å². The highest BCUT2D eigenvalue weighted by Gasteiger charge is 2.14. The zero-order valence-corrected chi connectivity index (χ0v) is 13.1. The Hall–Kier alpha value is -2.63. The number of hydrogen-bond acceptors (Lipinski definition) is 5. The minimum atomic E-state index is -0.516. The van der Waals surface area contributed by atoms with Gasteiger partial charge in [-0.3, -0.25) is 0 Å². The highest BCUT2D eigenvalue weighted by molar-refractivity contribution is 5.87. The molecule has 2 rings (SSSR count). The summed E-state index contributed by atoms with van der Waals surface area (Å²) in [6, 6.07) is 3.64. The monoisotopic (exact) mass is 301 g/mol. The maximum atomic E-state index is 11.7. The van der Waals surface area contributed by atoms with Crippen LogP contribution < -0.4 is 4.74 Å². The van der Waals surface area contributed by atoms with E-state index in [2.05, 4.69) is 9.97 Å². The van der Waals surface area contributed by atoms with E-state index in [1.54, 1.807) is 42.5 Å². The van der Waals surface area contributed by atoms with Gasteiger partial charge in [0.05, 0.1) is 19.1 Å². The van der Waals surface area contributed by atoms with Crippen LogP contribution in [0.5, 0.6) is 5.88 Å². The summed E-state index contributed by atoms with van der Waals surface area (Å²) >= 11 is 0. The summed E-state index contributed by atoms with van der Waals surface area (Å²) in [6.07, 6.45) is 8.08. The smallest absolute Gasteiger partial charge is 0.331 e. The third-order valence-electron chi connectivity index (χ3n) is 2.63. The molecule has 0 atom stereocenters. The van der Waals surface area contributed by atoms with Crippen molar-refractivity contribution in [1.82, 2.24) is 14.5 Å². The predicted molar refractivity (Wildman–Crippen MR) is 82.8 cm³/mol. The molecule has 0 fully saturated rings. The van der Waals surface area contributed by atoms with Gasteiger partial charge in [-0.2, -0.15) is 0 Å². The van der Waals surface area contributed by atoms with Gasteiger partial charge in [0.25, 0.3) is 0 Å². The fourth-order valence-electron chi connectivity index (χ4n) is 1.78.